The monoisotopic (exact) mass is 386 g/mol. The van der Waals surface area contributed by atoms with Crippen LogP contribution < -0.4 is 15.2 Å². The summed E-state index contributed by atoms with van der Waals surface area (Å²) in [6.07, 6.45) is 3.39. The Morgan fingerprint density at radius 2 is 1.83 bits per heavy atom. The maximum Gasteiger partial charge on any atom is 0.266 e. The van der Waals surface area contributed by atoms with Gasteiger partial charge < -0.3 is 15.2 Å². The molecule has 1 unspecified atom stereocenters. The molecule has 1 aromatic heterocycles. The molecule has 7 heteroatoms. The minimum atomic E-state index is -1.27. The Morgan fingerprint density at radius 1 is 1.03 bits per heavy atom. The van der Waals surface area contributed by atoms with E-state index < -0.39 is 5.54 Å². The molecule has 1 atom stereocenters. The van der Waals surface area contributed by atoms with E-state index in [1.165, 1.54) is 4.90 Å². The third-order valence-corrected chi connectivity index (χ3v) is 5.39. The molecular weight excluding hydrogens is 368 g/mol. The molecule has 0 radical (unpaired) electrons. The first-order chi connectivity index (χ1) is 14.0. The molecule has 3 heterocycles. The summed E-state index contributed by atoms with van der Waals surface area (Å²) in [6.45, 7) is 0. The summed E-state index contributed by atoms with van der Waals surface area (Å²) in [6, 6.07) is 15.0. The van der Waals surface area contributed by atoms with E-state index in [9.17, 15) is 4.79 Å². The maximum absolute atomic E-state index is 13.4. The first kappa shape index (κ1) is 17.2. The van der Waals surface area contributed by atoms with Crippen molar-refractivity contribution >= 4 is 11.9 Å². The summed E-state index contributed by atoms with van der Waals surface area (Å²) in [7, 11) is 3.22. The molecule has 144 valence electrons. The Balaban J connectivity index is 1.77. The number of benzene rings is 2. The predicted octanol–water partition coefficient (Wildman–Crippen LogP) is 2.89. The number of pyridine rings is 1. The van der Waals surface area contributed by atoms with E-state index in [1.807, 2.05) is 48.5 Å². The van der Waals surface area contributed by atoms with E-state index in [0.717, 1.165) is 11.1 Å². The largest absolute Gasteiger partial charge is 0.495 e. The van der Waals surface area contributed by atoms with Gasteiger partial charge in [-0.15, -0.1) is 0 Å². The highest BCUT2D eigenvalue weighted by atomic mass is 16.5. The molecule has 2 aromatic carbocycles. The van der Waals surface area contributed by atoms with Crippen LogP contribution in [0.15, 0.2) is 65.9 Å². The highest BCUT2D eigenvalue weighted by Crippen LogP contribution is 2.52. The third-order valence-electron chi connectivity index (χ3n) is 5.39. The van der Waals surface area contributed by atoms with Crippen LogP contribution in [0, 0.1) is 0 Å². The van der Waals surface area contributed by atoms with Crippen LogP contribution in [-0.4, -0.2) is 35.9 Å². The van der Waals surface area contributed by atoms with Crippen molar-refractivity contribution in [3.8, 4) is 28.4 Å². The van der Waals surface area contributed by atoms with Crippen molar-refractivity contribution in [1.29, 1.82) is 0 Å². The van der Waals surface area contributed by atoms with Crippen molar-refractivity contribution in [2.45, 2.75) is 5.54 Å². The minimum absolute atomic E-state index is 0.172. The minimum Gasteiger partial charge on any atom is -0.495 e. The van der Waals surface area contributed by atoms with Gasteiger partial charge in [-0.1, -0.05) is 24.3 Å². The second kappa shape index (κ2) is 6.07. The molecule has 0 aliphatic carbocycles. The Morgan fingerprint density at radius 3 is 2.59 bits per heavy atom. The number of amides is 1. The lowest BCUT2D eigenvalue weighted by atomic mass is 9.79. The van der Waals surface area contributed by atoms with Gasteiger partial charge in [0.05, 0.1) is 13.3 Å². The van der Waals surface area contributed by atoms with Gasteiger partial charge in [0.1, 0.15) is 17.2 Å². The second-order valence-corrected chi connectivity index (χ2v) is 6.97. The predicted molar refractivity (Wildman–Crippen MR) is 108 cm³/mol. The number of methoxy groups -OCH3 is 1. The number of nitrogens with zero attached hydrogens (tertiary/aromatic N) is 3. The summed E-state index contributed by atoms with van der Waals surface area (Å²) in [5.41, 5.74) is 7.84. The van der Waals surface area contributed by atoms with Crippen molar-refractivity contribution in [3.05, 3.63) is 72.1 Å². The summed E-state index contributed by atoms with van der Waals surface area (Å²) < 4.78 is 11.4. The number of guanidine groups is 1. The molecule has 2 aliphatic rings. The van der Waals surface area contributed by atoms with Gasteiger partial charge in [-0.05, 0) is 29.8 Å². The highest BCUT2D eigenvalue weighted by Gasteiger charge is 2.54. The first-order valence-electron chi connectivity index (χ1n) is 9.09. The summed E-state index contributed by atoms with van der Waals surface area (Å²) in [4.78, 5) is 23.7. The topological polar surface area (TPSA) is 90.0 Å². The van der Waals surface area contributed by atoms with Crippen LogP contribution in [0.25, 0.3) is 11.1 Å². The number of carbonyl (C=O) groups is 1. The second-order valence-electron chi connectivity index (χ2n) is 6.97. The molecule has 2 N–H and O–H groups in total. The van der Waals surface area contributed by atoms with E-state index in [2.05, 4.69) is 9.98 Å². The van der Waals surface area contributed by atoms with Crippen molar-refractivity contribution in [2.24, 2.45) is 10.7 Å². The third kappa shape index (κ3) is 2.34. The first-order valence-corrected chi connectivity index (χ1v) is 9.09. The number of carbonyl (C=O) groups excluding carboxylic acids is 1. The Hall–Kier alpha value is -3.87. The van der Waals surface area contributed by atoms with Crippen LogP contribution in [0.5, 0.6) is 17.2 Å². The quantitative estimate of drug-likeness (QED) is 0.731. The summed E-state index contributed by atoms with van der Waals surface area (Å²) in [5, 5.41) is 0. The molecule has 0 bridgehead atoms. The number of ether oxygens (including phenoxy) is 2. The number of likely N-dealkylation sites (N-methyl/N-ethyl adjacent to an activating group) is 1. The van der Waals surface area contributed by atoms with Crippen LogP contribution in [0.1, 0.15) is 11.1 Å². The zero-order valence-electron chi connectivity index (χ0n) is 15.9. The van der Waals surface area contributed by atoms with Gasteiger partial charge in [0.25, 0.3) is 5.91 Å². The zero-order chi connectivity index (χ0) is 20.2. The Kier molecular flexibility index (Phi) is 3.61. The number of aliphatic imine (C=N–C) groups is 1. The molecule has 3 aromatic rings. The van der Waals surface area contributed by atoms with E-state index in [0.29, 0.717) is 28.4 Å². The van der Waals surface area contributed by atoms with E-state index in [4.69, 9.17) is 15.2 Å². The average molecular weight is 386 g/mol. The number of para-hydroxylation sites is 1. The van der Waals surface area contributed by atoms with E-state index >= 15 is 0 Å². The fourth-order valence-electron chi connectivity index (χ4n) is 3.88. The molecule has 29 heavy (non-hydrogen) atoms. The molecule has 7 nitrogen and oxygen atoms in total. The Bertz CT molecular complexity index is 1190. The molecule has 0 fully saturated rings. The van der Waals surface area contributed by atoms with Crippen molar-refractivity contribution in [1.82, 2.24) is 9.88 Å². The average Bonchev–Trinajstić information content (AvgIpc) is 2.98. The number of rotatable bonds is 2. The molecule has 2 aliphatic heterocycles. The lowest BCUT2D eigenvalue weighted by Gasteiger charge is -2.33. The van der Waals surface area contributed by atoms with Crippen LogP contribution in [0.4, 0.5) is 0 Å². The Labute approximate surface area is 167 Å². The lowest BCUT2D eigenvalue weighted by molar-refractivity contribution is -0.129. The fraction of sp³-hybridized carbons (Fsp3) is 0.136. The van der Waals surface area contributed by atoms with E-state index in [1.54, 1.807) is 26.6 Å². The van der Waals surface area contributed by atoms with Crippen molar-refractivity contribution in [2.75, 3.05) is 14.2 Å². The van der Waals surface area contributed by atoms with E-state index in [-0.39, 0.29) is 11.9 Å². The van der Waals surface area contributed by atoms with Crippen molar-refractivity contribution < 1.29 is 14.3 Å². The SMILES string of the molecule is COc1cncc(-c2ccc3c(c2)C2(N=C(N)N(C)C2=O)c2ccccc2O3)c1. The number of hydrogen-bond donors (Lipinski definition) is 1. The smallest absolute Gasteiger partial charge is 0.266 e. The number of nitrogens with two attached hydrogens (primary N) is 1. The van der Waals surface area contributed by atoms with Gasteiger partial charge in [-0.3, -0.25) is 14.7 Å². The summed E-state index contributed by atoms with van der Waals surface area (Å²) in [5.74, 6) is 1.77. The molecular formula is C22H18N4O3. The van der Waals surface area contributed by atoms with Gasteiger partial charge in [0, 0.05) is 29.9 Å². The number of fused-ring (bicyclic) bond motifs is 4. The fourth-order valence-corrected chi connectivity index (χ4v) is 3.88. The van der Waals surface area contributed by atoms with Gasteiger partial charge in [0.2, 0.25) is 5.54 Å². The van der Waals surface area contributed by atoms with Crippen molar-refractivity contribution in [3.63, 3.8) is 0 Å². The van der Waals surface area contributed by atoms with Gasteiger partial charge in [-0.2, -0.15) is 0 Å². The summed E-state index contributed by atoms with van der Waals surface area (Å²) >= 11 is 0. The maximum atomic E-state index is 13.4. The standard InChI is InChI=1S/C22H18N4O3/c1-26-20(27)22(25-21(26)23)16-5-3-4-6-18(16)29-19-8-7-13(10-17(19)22)14-9-15(28-2)12-24-11-14/h3-12H,1-2H3,(H2,23,25). The van der Waals surface area contributed by atoms with Crippen LogP contribution in [0.2, 0.25) is 0 Å². The zero-order valence-corrected chi connectivity index (χ0v) is 15.9. The van der Waals surface area contributed by atoms with Crippen LogP contribution >= 0.6 is 0 Å². The van der Waals surface area contributed by atoms with Gasteiger partial charge >= 0.3 is 0 Å². The van der Waals surface area contributed by atoms with Crippen LogP contribution in [-0.2, 0) is 10.3 Å². The molecule has 0 saturated heterocycles. The number of hydrogen-bond acceptors (Lipinski definition) is 6. The van der Waals surface area contributed by atoms with Crippen LogP contribution in [0.3, 0.4) is 0 Å². The molecule has 5 rings (SSSR count). The van der Waals surface area contributed by atoms with Gasteiger partial charge in [0.15, 0.2) is 5.96 Å². The molecule has 1 amide bonds. The van der Waals surface area contributed by atoms with Gasteiger partial charge in [-0.25, -0.2) is 4.99 Å². The molecule has 0 saturated carbocycles. The lowest BCUT2D eigenvalue weighted by Crippen LogP contribution is -2.42. The normalized spacial score (nSPS) is 19.4. The highest BCUT2D eigenvalue weighted by molar-refractivity contribution is 6.10. The number of aromatic nitrogens is 1. The molecule has 1 spiro atoms.